The summed E-state index contributed by atoms with van der Waals surface area (Å²) in [6, 6.07) is 15.4. The smallest absolute Gasteiger partial charge is 0.224 e. The lowest BCUT2D eigenvalue weighted by Crippen LogP contribution is -2.28. The van der Waals surface area contributed by atoms with Crippen molar-refractivity contribution in [1.29, 1.82) is 0 Å². The topological polar surface area (TPSA) is 55.2 Å². The Morgan fingerprint density at radius 3 is 2.64 bits per heavy atom. The molecule has 25 heavy (non-hydrogen) atoms. The maximum atomic E-state index is 12.5. The number of hydrogen-bond donors (Lipinski definition) is 0. The van der Waals surface area contributed by atoms with Crippen LogP contribution in [0.4, 0.5) is 0 Å². The first kappa shape index (κ1) is 16.9. The predicted molar refractivity (Wildman–Crippen MR) is 98.3 cm³/mol. The van der Waals surface area contributed by atoms with Crippen LogP contribution >= 0.6 is 0 Å². The van der Waals surface area contributed by atoms with E-state index in [-0.39, 0.29) is 11.3 Å². The van der Waals surface area contributed by atoms with Gasteiger partial charge in [0.15, 0.2) is 0 Å². The minimum absolute atomic E-state index is 0.0489. The fraction of sp³-hybridized carbons (Fsp3) is 0.250. The molecule has 0 fully saturated rings. The average molecular weight is 335 g/mol. The highest BCUT2D eigenvalue weighted by molar-refractivity contribution is 5.79. The number of benzene rings is 2. The zero-order valence-electron chi connectivity index (χ0n) is 14.5. The van der Waals surface area contributed by atoms with Gasteiger partial charge in [-0.15, -0.1) is 0 Å². The molecule has 0 atom stereocenters. The molecule has 0 spiro atoms. The third-order valence-electron chi connectivity index (χ3n) is 4.39. The number of amides is 1. The molecule has 1 heterocycles. The van der Waals surface area contributed by atoms with E-state index in [0.717, 1.165) is 11.1 Å². The van der Waals surface area contributed by atoms with Gasteiger partial charge in [-0.1, -0.05) is 36.4 Å². The number of carbonyl (C=O) groups excluding carboxylic acids is 1. The van der Waals surface area contributed by atoms with Gasteiger partial charge in [0.2, 0.25) is 11.3 Å². The number of hydrogen-bond acceptors (Lipinski definition) is 3. The average Bonchev–Trinajstić information content (AvgIpc) is 2.63. The van der Waals surface area contributed by atoms with Crippen LogP contribution in [0.2, 0.25) is 0 Å². The molecule has 0 aliphatic carbocycles. The summed E-state index contributed by atoms with van der Waals surface area (Å²) >= 11 is 0. The normalized spacial score (nSPS) is 10.8. The first-order valence-electron chi connectivity index (χ1n) is 8.29. The number of aryl methyl sites for hydroxylation is 2. The van der Waals surface area contributed by atoms with E-state index in [1.54, 1.807) is 15.6 Å². The van der Waals surface area contributed by atoms with Crippen LogP contribution in [-0.2, 0) is 17.9 Å². The maximum Gasteiger partial charge on any atom is 0.224 e. The molecule has 0 saturated heterocycles. The van der Waals surface area contributed by atoms with Gasteiger partial charge in [0.25, 0.3) is 0 Å². The zero-order chi connectivity index (χ0) is 17.8. The van der Waals surface area contributed by atoms with Crippen molar-refractivity contribution >= 4 is 16.8 Å². The molecule has 2 aromatic carbocycles. The minimum atomic E-state index is -0.102. The predicted octanol–water partition coefficient (Wildman–Crippen LogP) is 2.75. The van der Waals surface area contributed by atoms with Crippen molar-refractivity contribution in [2.24, 2.45) is 0 Å². The van der Waals surface area contributed by atoms with Crippen molar-refractivity contribution in [3.05, 3.63) is 76.1 Å². The highest BCUT2D eigenvalue weighted by atomic mass is 16.2. The SMILES string of the molecule is Cc1ccccc1CN(C)C(=O)CCn1ncc(=O)c2ccccc21. The Bertz CT molecular complexity index is 962. The van der Waals surface area contributed by atoms with Crippen LogP contribution in [0.5, 0.6) is 0 Å². The van der Waals surface area contributed by atoms with E-state index in [4.69, 9.17) is 0 Å². The van der Waals surface area contributed by atoms with Gasteiger partial charge in [0.1, 0.15) is 0 Å². The third kappa shape index (κ3) is 3.76. The van der Waals surface area contributed by atoms with E-state index in [1.807, 2.05) is 56.4 Å². The van der Waals surface area contributed by atoms with Crippen molar-refractivity contribution in [3.63, 3.8) is 0 Å². The molecular formula is C20H21N3O2. The Hall–Kier alpha value is -2.95. The van der Waals surface area contributed by atoms with Crippen molar-refractivity contribution in [3.8, 4) is 0 Å². The van der Waals surface area contributed by atoms with Gasteiger partial charge in [-0.25, -0.2) is 0 Å². The van der Waals surface area contributed by atoms with Gasteiger partial charge in [-0.3, -0.25) is 14.3 Å². The van der Waals surface area contributed by atoms with Crippen LogP contribution in [0.1, 0.15) is 17.5 Å². The quantitative estimate of drug-likeness (QED) is 0.720. The van der Waals surface area contributed by atoms with Crippen LogP contribution in [0, 0.1) is 6.92 Å². The summed E-state index contributed by atoms with van der Waals surface area (Å²) in [4.78, 5) is 26.0. The fourth-order valence-corrected chi connectivity index (χ4v) is 2.86. The lowest BCUT2D eigenvalue weighted by atomic mass is 10.1. The molecule has 3 aromatic rings. The van der Waals surface area contributed by atoms with Gasteiger partial charge >= 0.3 is 0 Å². The molecule has 128 valence electrons. The van der Waals surface area contributed by atoms with Crippen LogP contribution < -0.4 is 5.43 Å². The van der Waals surface area contributed by atoms with Crippen LogP contribution in [0.3, 0.4) is 0 Å². The van der Waals surface area contributed by atoms with E-state index >= 15 is 0 Å². The Morgan fingerprint density at radius 2 is 1.84 bits per heavy atom. The summed E-state index contributed by atoms with van der Waals surface area (Å²) < 4.78 is 1.72. The number of para-hydroxylation sites is 1. The molecule has 0 radical (unpaired) electrons. The number of nitrogens with zero attached hydrogens (tertiary/aromatic N) is 3. The van der Waals surface area contributed by atoms with Gasteiger partial charge in [0.05, 0.1) is 18.3 Å². The largest absolute Gasteiger partial charge is 0.341 e. The highest BCUT2D eigenvalue weighted by Gasteiger charge is 2.12. The Labute approximate surface area is 146 Å². The first-order valence-corrected chi connectivity index (χ1v) is 8.29. The molecular weight excluding hydrogens is 314 g/mol. The molecule has 0 unspecified atom stereocenters. The molecule has 3 rings (SSSR count). The lowest BCUT2D eigenvalue weighted by Gasteiger charge is -2.19. The third-order valence-corrected chi connectivity index (χ3v) is 4.39. The first-order chi connectivity index (χ1) is 12.1. The molecule has 0 aliphatic rings. The van der Waals surface area contributed by atoms with E-state index in [2.05, 4.69) is 5.10 Å². The van der Waals surface area contributed by atoms with Crippen LogP contribution in [-0.4, -0.2) is 27.6 Å². The number of carbonyl (C=O) groups is 1. The molecule has 0 N–H and O–H groups in total. The lowest BCUT2D eigenvalue weighted by molar-refractivity contribution is -0.130. The Morgan fingerprint density at radius 1 is 1.12 bits per heavy atom. The molecule has 5 heteroatoms. The summed E-state index contributed by atoms with van der Waals surface area (Å²) in [6.45, 7) is 3.08. The van der Waals surface area contributed by atoms with Gasteiger partial charge in [-0.2, -0.15) is 5.10 Å². The summed E-state index contributed by atoms with van der Waals surface area (Å²) in [7, 11) is 1.81. The van der Waals surface area contributed by atoms with Gasteiger partial charge in [-0.05, 0) is 30.2 Å². The summed E-state index contributed by atoms with van der Waals surface area (Å²) in [5.74, 6) is 0.0489. The number of fused-ring (bicyclic) bond motifs is 1. The highest BCUT2D eigenvalue weighted by Crippen LogP contribution is 2.12. The minimum Gasteiger partial charge on any atom is -0.341 e. The van der Waals surface area contributed by atoms with Gasteiger partial charge < -0.3 is 4.90 Å². The number of rotatable bonds is 5. The second kappa shape index (κ2) is 7.30. The molecule has 5 nitrogen and oxygen atoms in total. The molecule has 0 bridgehead atoms. The van der Waals surface area contributed by atoms with E-state index in [0.29, 0.717) is 24.9 Å². The number of aromatic nitrogens is 2. The van der Waals surface area contributed by atoms with Gasteiger partial charge in [0, 0.05) is 25.4 Å². The summed E-state index contributed by atoms with van der Waals surface area (Å²) in [5.41, 5.74) is 2.97. The van der Waals surface area contributed by atoms with E-state index in [9.17, 15) is 9.59 Å². The van der Waals surface area contributed by atoms with Crippen LogP contribution in [0.25, 0.3) is 10.9 Å². The standard InChI is InChI=1S/C20H21N3O2/c1-15-7-3-4-8-16(15)14-22(2)20(25)11-12-23-18-10-6-5-9-17(18)19(24)13-21-23/h3-10,13H,11-12,14H2,1-2H3. The summed E-state index contributed by atoms with van der Waals surface area (Å²) in [6.07, 6.45) is 1.64. The van der Waals surface area contributed by atoms with E-state index in [1.165, 1.54) is 11.8 Å². The van der Waals surface area contributed by atoms with Crippen molar-refractivity contribution in [2.75, 3.05) is 7.05 Å². The molecule has 0 saturated carbocycles. The monoisotopic (exact) mass is 335 g/mol. The van der Waals surface area contributed by atoms with Crippen molar-refractivity contribution < 1.29 is 4.79 Å². The Kier molecular flexibility index (Phi) is 4.93. The maximum absolute atomic E-state index is 12.5. The van der Waals surface area contributed by atoms with Crippen molar-refractivity contribution in [2.45, 2.75) is 26.4 Å². The molecule has 1 aromatic heterocycles. The fourth-order valence-electron chi connectivity index (χ4n) is 2.86. The second-order valence-electron chi connectivity index (χ2n) is 6.18. The van der Waals surface area contributed by atoms with Crippen LogP contribution in [0.15, 0.2) is 59.5 Å². The van der Waals surface area contributed by atoms with E-state index < -0.39 is 0 Å². The molecule has 0 aliphatic heterocycles. The summed E-state index contributed by atoms with van der Waals surface area (Å²) in [5, 5.41) is 4.79. The second-order valence-corrected chi connectivity index (χ2v) is 6.18. The zero-order valence-corrected chi connectivity index (χ0v) is 14.5. The Balaban J connectivity index is 1.69. The van der Waals surface area contributed by atoms with Crippen molar-refractivity contribution in [1.82, 2.24) is 14.7 Å². The molecule has 1 amide bonds.